The lowest BCUT2D eigenvalue weighted by Gasteiger charge is -2.06. The van der Waals surface area contributed by atoms with Crippen LogP contribution in [0, 0.1) is 0 Å². The third-order valence-electron chi connectivity index (χ3n) is 1.16. The van der Waals surface area contributed by atoms with Crippen molar-refractivity contribution in [2.75, 3.05) is 0 Å². The van der Waals surface area contributed by atoms with Crippen LogP contribution in [-0.2, 0) is 25.6 Å². The van der Waals surface area contributed by atoms with Crippen LogP contribution < -0.4 is 8.69 Å². The van der Waals surface area contributed by atoms with Gasteiger partial charge in [-0.2, -0.15) is 0 Å². The second-order valence-corrected chi connectivity index (χ2v) is 2.50. The molecule has 0 fully saturated rings. The molecule has 1 heterocycles. The molecule has 0 aliphatic carbocycles. The summed E-state index contributed by atoms with van der Waals surface area (Å²) >= 11 is 9.11. The predicted octanol–water partition coefficient (Wildman–Crippen LogP) is -0.524. The van der Waals surface area contributed by atoms with Gasteiger partial charge >= 0.3 is 0 Å². The van der Waals surface area contributed by atoms with Crippen LogP contribution in [0.15, 0.2) is 24.5 Å². The van der Waals surface area contributed by atoms with Crippen LogP contribution in [0.2, 0.25) is 0 Å². The Morgan fingerprint density at radius 1 is 1.45 bits per heavy atom. The second kappa shape index (κ2) is 3.54. The van der Waals surface area contributed by atoms with E-state index in [1.54, 1.807) is 24.5 Å². The van der Waals surface area contributed by atoms with Crippen molar-refractivity contribution in [2.24, 2.45) is 0 Å². The first-order valence-corrected chi connectivity index (χ1v) is 3.62. The molecule has 3 nitrogen and oxygen atoms in total. The summed E-state index contributed by atoms with van der Waals surface area (Å²) in [7, 11) is 0. The van der Waals surface area contributed by atoms with Gasteiger partial charge in [0, 0.05) is 17.7 Å². The van der Waals surface area contributed by atoms with Gasteiger partial charge in [-0.1, -0.05) is 0 Å². The van der Waals surface area contributed by atoms with Gasteiger partial charge in [-0.25, -0.2) is 0 Å². The highest BCUT2D eigenvalue weighted by Crippen LogP contribution is 1.92. The third kappa shape index (κ3) is 2.06. The molecular formula is C6H5N2OS2-. The Labute approximate surface area is 75.5 Å². The van der Waals surface area contributed by atoms with E-state index < -0.39 is 0 Å². The summed E-state index contributed by atoms with van der Waals surface area (Å²) in [5, 5.41) is 0. The zero-order valence-corrected chi connectivity index (χ0v) is 7.11. The minimum atomic E-state index is -0.282. The van der Waals surface area contributed by atoms with Crippen molar-refractivity contribution < 1.29 is 8.77 Å². The van der Waals surface area contributed by atoms with Crippen LogP contribution in [0.1, 0.15) is 10.4 Å². The molecule has 0 atom stereocenters. The zero-order chi connectivity index (χ0) is 8.27. The smallest absolute Gasteiger partial charge is 0.229 e. The van der Waals surface area contributed by atoms with Crippen molar-refractivity contribution in [2.45, 2.75) is 0 Å². The molecule has 1 N–H and O–H groups in total. The van der Waals surface area contributed by atoms with Gasteiger partial charge in [-0.3, -0.25) is 4.79 Å². The summed E-state index contributed by atoms with van der Waals surface area (Å²) in [6.07, 6.45) is 3.21. The predicted molar refractivity (Wildman–Crippen MR) is 44.2 cm³/mol. The van der Waals surface area contributed by atoms with Gasteiger partial charge in [-0.05, 0) is 0 Å². The molecule has 0 saturated heterocycles. The Hall–Kier alpha value is -0.810. The van der Waals surface area contributed by atoms with Crippen molar-refractivity contribution in [3.8, 4) is 0 Å². The molecule has 0 spiro atoms. The number of aromatic nitrogens is 1. The molecule has 1 rings (SSSR count). The zero-order valence-electron chi connectivity index (χ0n) is 5.48. The molecule has 0 bridgehead atoms. The molecule has 0 saturated carbocycles. The molecule has 58 valence electrons. The summed E-state index contributed by atoms with van der Waals surface area (Å²) in [5.74, 6) is -0.282. The Balaban J connectivity index is 2.90. The van der Waals surface area contributed by atoms with Gasteiger partial charge in [0.05, 0.1) is 0 Å². The van der Waals surface area contributed by atoms with Gasteiger partial charge in [0.15, 0.2) is 12.4 Å². The summed E-state index contributed by atoms with van der Waals surface area (Å²) in [5.41, 5.74) is 0.515. The maximum Gasteiger partial charge on any atom is 0.229 e. The quantitative estimate of drug-likeness (QED) is 0.472. The van der Waals surface area contributed by atoms with Crippen molar-refractivity contribution in [1.82, 2.24) is 4.72 Å². The van der Waals surface area contributed by atoms with Gasteiger partial charge in [0.1, 0.15) is 0 Å². The third-order valence-corrected chi connectivity index (χ3v) is 1.59. The molecule has 0 radical (unpaired) electrons. The fourth-order valence-electron chi connectivity index (χ4n) is 0.623. The lowest BCUT2D eigenvalue weighted by molar-refractivity contribution is -0.492. The molecule has 0 aliphatic heterocycles. The highest BCUT2D eigenvalue weighted by atomic mass is 32.1. The largest absolute Gasteiger partial charge is 0.667 e. The summed E-state index contributed by atoms with van der Waals surface area (Å²) in [4.78, 5) is 10.9. The SMILES string of the molecule is O=C(N[S-])c1cc[n+]([S-])cc1. The number of hydrogen-bond donors (Lipinski definition) is 1. The summed E-state index contributed by atoms with van der Waals surface area (Å²) in [6, 6.07) is 3.21. The molecular weight excluding hydrogens is 180 g/mol. The number of amides is 1. The lowest BCUT2D eigenvalue weighted by Crippen LogP contribution is -2.26. The van der Waals surface area contributed by atoms with Crippen molar-refractivity contribution in [1.29, 1.82) is 0 Å². The monoisotopic (exact) mass is 185 g/mol. The molecule has 1 amide bonds. The molecule has 1 aromatic rings. The van der Waals surface area contributed by atoms with E-state index in [0.29, 0.717) is 5.56 Å². The highest BCUT2D eigenvalue weighted by Gasteiger charge is 1.98. The van der Waals surface area contributed by atoms with E-state index in [2.05, 4.69) is 17.5 Å². The molecule has 0 aromatic carbocycles. The fraction of sp³-hybridized carbons (Fsp3) is 0. The second-order valence-electron chi connectivity index (χ2n) is 1.88. The average Bonchev–Trinajstić information content (AvgIpc) is 2.05. The Morgan fingerprint density at radius 2 is 2.00 bits per heavy atom. The summed E-state index contributed by atoms with van der Waals surface area (Å²) < 4.78 is 3.53. The average molecular weight is 185 g/mol. The number of carbonyl (C=O) groups excluding carboxylic acids is 1. The minimum absolute atomic E-state index is 0.282. The number of nitrogens with zero attached hydrogens (tertiary/aromatic N) is 1. The molecule has 0 aliphatic rings. The number of carbonyl (C=O) groups is 1. The van der Waals surface area contributed by atoms with Crippen LogP contribution >= 0.6 is 0 Å². The van der Waals surface area contributed by atoms with E-state index in [1.165, 1.54) is 3.97 Å². The van der Waals surface area contributed by atoms with E-state index >= 15 is 0 Å². The fourth-order valence-corrected chi connectivity index (χ4v) is 0.863. The first-order valence-electron chi connectivity index (χ1n) is 2.85. The number of pyridine rings is 1. The number of hydrogen-bond acceptors (Lipinski definition) is 3. The van der Waals surface area contributed by atoms with Crippen molar-refractivity contribution in [3.63, 3.8) is 0 Å². The van der Waals surface area contributed by atoms with E-state index in [4.69, 9.17) is 12.8 Å². The molecule has 5 heteroatoms. The van der Waals surface area contributed by atoms with Gasteiger partial charge < -0.3 is 34.3 Å². The maximum absolute atomic E-state index is 10.9. The Kier molecular flexibility index (Phi) is 2.67. The normalized spacial score (nSPS) is 9.18. The highest BCUT2D eigenvalue weighted by molar-refractivity contribution is 7.57. The number of rotatable bonds is 1. The molecule has 1 aromatic heterocycles. The van der Waals surface area contributed by atoms with Crippen molar-refractivity contribution >= 4 is 31.5 Å². The summed E-state index contributed by atoms with van der Waals surface area (Å²) in [6.45, 7) is 0. The molecule has 11 heavy (non-hydrogen) atoms. The Bertz CT molecular complexity index is 260. The van der Waals surface area contributed by atoms with Crippen LogP contribution in [-0.4, -0.2) is 5.91 Å². The van der Waals surface area contributed by atoms with Gasteiger partial charge in [0.25, 0.3) is 0 Å². The van der Waals surface area contributed by atoms with Crippen LogP contribution in [0.3, 0.4) is 0 Å². The van der Waals surface area contributed by atoms with Gasteiger partial charge in [-0.15, -0.1) is 0 Å². The van der Waals surface area contributed by atoms with Crippen molar-refractivity contribution in [3.05, 3.63) is 30.1 Å². The van der Waals surface area contributed by atoms with E-state index in [0.717, 1.165) is 0 Å². The standard InChI is InChI=1S/C6H5N2OS2/c9-6(7-10)5-1-3-8(11)4-2-5/h1-4H,(H-,7,9,10)/q-1. The maximum atomic E-state index is 10.9. The van der Waals surface area contributed by atoms with Gasteiger partial charge in [0.2, 0.25) is 5.91 Å². The van der Waals surface area contributed by atoms with Crippen LogP contribution in [0.4, 0.5) is 0 Å². The molecule has 0 unspecified atom stereocenters. The van der Waals surface area contributed by atoms with E-state index in [1.807, 2.05) is 0 Å². The first kappa shape index (κ1) is 8.29. The lowest BCUT2D eigenvalue weighted by atomic mass is 10.3. The van der Waals surface area contributed by atoms with Crippen LogP contribution in [0.25, 0.3) is 0 Å². The van der Waals surface area contributed by atoms with E-state index in [9.17, 15) is 4.79 Å². The Morgan fingerprint density at radius 3 is 2.45 bits per heavy atom. The van der Waals surface area contributed by atoms with Crippen LogP contribution in [0.5, 0.6) is 0 Å². The minimum Gasteiger partial charge on any atom is -0.667 e. The number of nitrogens with one attached hydrogen (secondary N) is 1. The van der Waals surface area contributed by atoms with E-state index in [-0.39, 0.29) is 5.91 Å². The topological polar surface area (TPSA) is 33.0 Å². The first-order chi connectivity index (χ1) is 5.24.